The van der Waals surface area contributed by atoms with Gasteiger partial charge < -0.3 is 29.6 Å². The van der Waals surface area contributed by atoms with E-state index < -0.39 is 24.6 Å². The maximum absolute atomic E-state index is 10.7. The first kappa shape index (κ1) is 28.6. The van der Waals surface area contributed by atoms with Gasteiger partial charge in [-0.25, -0.2) is 0 Å². The molecule has 0 amide bonds. The van der Waals surface area contributed by atoms with Gasteiger partial charge in [-0.15, -0.1) is 0 Å². The van der Waals surface area contributed by atoms with Crippen molar-refractivity contribution in [2.75, 3.05) is 13.2 Å². The zero-order chi connectivity index (χ0) is 12.8. The van der Waals surface area contributed by atoms with Gasteiger partial charge in [-0.05, 0) is 19.8 Å². The van der Waals surface area contributed by atoms with E-state index in [1.807, 2.05) is 0 Å². The molecule has 0 aromatic heterocycles. The molecule has 0 aromatic rings. The van der Waals surface area contributed by atoms with Crippen molar-refractivity contribution in [1.82, 2.24) is 0 Å². The van der Waals surface area contributed by atoms with Crippen LogP contribution in [0.5, 0.6) is 0 Å². The summed E-state index contributed by atoms with van der Waals surface area (Å²) < 4.78 is 10.3. The molecular weight excluding hydrogens is 909 g/mol. The van der Waals surface area contributed by atoms with E-state index in [-0.39, 0.29) is 145 Å². The van der Waals surface area contributed by atoms with Gasteiger partial charge in [0.05, 0.1) is 6.61 Å². The zero-order valence-electron chi connectivity index (χ0n) is 11.6. The SMILES string of the molecule is CC(=O)CCCCO[C@@H]1OC[C@H](O)C(O)[C@@H]1O.[Ac].[Ac].[Ac]. The number of rotatable bonds is 6. The van der Waals surface area contributed by atoms with Crippen LogP contribution in [0.15, 0.2) is 0 Å². The summed E-state index contributed by atoms with van der Waals surface area (Å²) in [5.74, 6) is 0.137. The molecule has 3 N–H and O–H groups in total. The van der Waals surface area contributed by atoms with Crippen LogP contribution in [-0.4, -0.2) is 58.9 Å². The summed E-state index contributed by atoms with van der Waals surface area (Å²) in [5, 5.41) is 28.1. The van der Waals surface area contributed by atoms with E-state index in [2.05, 4.69) is 0 Å². The standard InChI is InChI=1S/C11H20O6.3Ac/c1-7(12)4-2-3-5-16-11-10(15)9(14)8(13)6-17-11;;;/h8-11,13-15H,2-6H2,1H3;;;/t8-,9?,10-,11+;;;/m0.../s1. The molecule has 0 bridgehead atoms. The first-order chi connectivity index (χ1) is 8.02. The third kappa shape index (κ3) is 11.4. The van der Waals surface area contributed by atoms with Gasteiger partial charge in [-0.3, -0.25) is 0 Å². The Morgan fingerprint density at radius 2 is 1.75 bits per heavy atom. The average molecular weight is 929 g/mol. The quantitative estimate of drug-likeness (QED) is 0.303. The molecule has 1 fully saturated rings. The van der Waals surface area contributed by atoms with Gasteiger partial charge in [0, 0.05) is 145 Å². The molecule has 0 saturated carbocycles. The van der Waals surface area contributed by atoms with Crippen molar-refractivity contribution >= 4 is 5.78 Å². The van der Waals surface area contributed by atoms with Crippen molar-refractivity contribution in [2.45, 2.75) is 50.8 Å². The predicted molar refractivity (Wildman–Crippen MR) is 58.2 cm³/mol. The second kappa shape index (κ2) is 16.3. The number of aliphatic hydroxyl groups is 3. The van der Waals surface area contributed by atoms with Crippen LogP contribution in [-0.2, 0) is 14.3 Å². The molecule has 1 aliphatic rings. The minimum absolute atomic E-state index is 0. The van der Waals surface area contributed by atoms with Crippen LogP contribution in [0.1, 0.15) is 26.2 Å². The van der Waals surface area contributed by atoms with Gasteiger partial charge >= 0.3 is 0 Å². The van der Waals surface area contributed by atoms with E-state index in [9.17, 15) is 20.1 Å². The van der Waals surface area contributed by atoms with Crippen LogP contribution < -0.4 is 0 Å². The molecule has 1 aliphatic heterocycles. The number of hydrogen-bond donors (Lipinski definition) is 3. The number of carbonyl (C=O) groups excluding carboxylic acids is 1. The van der Waals surface area contributed by atoms with Gasteiger partial charge in [0.2, 0.25) is 0 Å². The Labute approximate surface area is 226 Å². The minimum atomic E-state index is -1.24. The largest absolute Gasteiger partial charge is 0.388 e. The van der Waals surface area contributed by atoms with Crippen molar-refractivity contribution in [2.24, 2.45) is 0 Å². The van der Waals surface area contributed by atoms with Gasteiger partial charge in [0.1, 0.15) is 24.1 Å². The zero-order valence-corrected chi connectivity index (χ0v) is 25.9. The van der Waals surface area contributed by atoms with E-state index in [0.717, 1.165) is 6.42 Å². The second-order valence-corrected chi connectivity index (χ2v) is 4.28. The summed E-state index contributed by atoms with van der Waals surface area (Å²) in [6, 6.07) is 0. The summed E-state index contributed by atoms with van der Waals surface area (Å²) >= 11 is 0. The maximum atomic E-state index is 10.7. The van der Waals surface area contributed by atoms with Crippen LogP contribution >= 0.6 is 0 Å². The fourth-order valence-corrected chi connectivity index (χ4v) is 1.60. The molecule has 0 spiro atoms. The molecular formula is C11H20Ac3O6. The number of Topliss-reactive ketones (excluding diaryl/α,β-unsaturated/α-hetero) is 1. The van der Waals surface area contributed by atoms with E-state index in [4.69, 9.17) is 9.47 Å². The average Bonchev–Trinajstić information content (AvgIpc) is 2.28. The molecule has 20 heavy (non-hydrogen) atoms. The van der Waals surface area contributed by atoms with E-state index in [0.29, 0.717) is 19.4 Å². The molecule has 1 unspecified atom stereocenters. The Hall–Kier alpha value is 3.79. The van der Waals surface area contributed by atoms with Crippen LogP contribution in [0, 0.1) is 132 Å². The van der Waals surface area contributed by atoms with Crippen LogP contribution in [0.3, 0.4) is 0 Å². The Morgan fingerprint density at radius 3 is 2.30 bits per heavy atom. The summed E-state index contributed by atoms with van der Waals surface area (Å²) in [7, 11) is 0. The number of aliphatic hydroxyl groups excluding tert-OH is 3. The number of ether oxygens (including phenoxy) is 2. The molecule has 1 heterocycles. The third-order valence-electron chi connectivity index (χ3n) is 2.66. The molecule has 6 nitrogen and oxygen atoms in total. The normalized spacial score (nSPS) is 28.6. The summed E-state index contributed by atoms with van der Waals surface area (Å²) in [6.07, 6.45) is -2.56. The van der Waals surface area contributed by atoms with Crippen LogP contribution in [0.2, 0.25) is 0 Å². The molecule has 0 aliphatic carbocycles. The van der Waals surface area contributed by atoms with Gasteiger partial charge in [0.15, 0.2) is 6.29 Å². The van der Waals surface area contributed by atoms with Gasteiger partial charge in [-0.2, -0.15) is 0 Å². The smallest absolute Gasteiger partial charge is 0.186 e. The van der Waals surface area contributed by atoms with Crippen molar-refractivity contribution < 1.29 is 162 Å². The molecule has 4 atom stereocenters. The monoisotopic (exact) mass is 929 g/mol. The van der Waals surface area contributed by atoms with Crippen molar-refractivity contribution in [3.63, 3.8) is 0 Å². The van der Waals surface area contributed by atoms with Crippen LogP contribution in [0.25, 0.3) is 0 Å². The summed E-state index contributed by atoms with van der Waals surface area (Å²) in [5.41, 5.74) is 0. The van der Waals surface area contributed by atoms with E-state index >= 15 is 0 Å². The Morgan fingerprint density at radius 1 is 1.15 bits per heavy atom. The Balaban J connectivity index is -0.000000963. The topological polar surface area (TPSA) is 96.2 Å². The molecule has 0 aromatic carbocycles. The van der Waals surface area contributed by atoms with E-state index in [1.165, 1.54) is 6.92 Å². The van der Waals surface area contributed by atoms with Crippen molar-refractivity contribution in [1.29, 1.82) is 0 Å². The maximum Gasteiger partial charge on any atom is 0.186 e. The van der Waals surface area contributed by atoms with Gasteiger partial charge in [-0.1, -0.05) is 0 Å². The second-order valence-electron chi connectivity index (χ2n) is 4.28. The molecule has 1 saturated heterocycles. The number of carbonyl (C=O) groups is 1. The molecule has 1 rings (SSSR count). The summed E-state index contributed by atoms with van der Waals surface area (Å²) in [6.45, 7) is 1.82. The summed E-state index contributed by atoms with van der Waals surface area (Å²) in [4.78, 5) is 10.7. The van der Waals surface area contributed by atoms with E-state index in [1.54, 1.807) is 0 Å². The fourth-order valence-electron chi connectivity index (χ4n) is 1.60. The van der Waals surface area contributed by atoms with Crippen molar-refractivity contribution in [3.05, 3.63) is 0 Å². The van der Waals surface area contributed by atoms with Crippen LogP contribution in [0.4, 0.5) is 0 Å². The number of unbranched alkanes of at least 4 members (excludes halogenated alkanes) is 1. The predicted octanol–water partition coefficient (Wildman–Crippen LogP) is -0.799. The Kier molecular flexibility index (Phi) is 23.3. The number of ketones is 1. The first-order valence-corrected chi connectivity index (χ1v) is 5.79. The Bertz CT molecular complexity index is 256. The molecule has 3 radical (unpaired) electrons. The molecule has 109 valence electrons. The first-order valence-electron chi connectivity index (χ1n) is 5.79. The molecule has 9 heteroatoms. The number of hydrogen-bond acceptors (Lipinski definition) is 6. The minimum Gasteiger partial charge on any atom is -0.388 e. The fraction of sp³-hybridized carbons (Fsp3) is 0.909. The van der Waals surface area contributed by atoms with Gasteiger partial charge in [0.25, 0.3) is 0 Å². The van der Waals surface area contributed by atoms with Crippen molar-refractivity contribution in [3.8, 4) is 0 Å². The third-order valence-corrected chi connectivity index (χ3v) is 2.66.